The van der Waals surface area contributed by atoms with E-state index in [0.29, 0.717) is 9.79 Å². The van der Waals surface area contributed by atoms with Crippen LogP contribution in [-0.4, -0.2) is 27.8 Å². The van der Waals surface area contributed by atoms with Gasteiger partial charge in [0.2, 0.25) is 9.84 Å². The van der Waals surface area contributed by atoms with Gasteiger partial charge in [0.05, 0.1) is 24.7 Å². The van der Waals surface area contributed by atoms with E-state index in [1.807, 2.05) is 19.2 Å². The average molecular weight is 462 g/mol. The Kier molecular flexibility index (Phi) is 4.85. The number of thiophene rings is 2. The number of aliphatic imine (C=N–C) groups is 1. The van der Waals surface area contributed by atoms with Crippen LogP contribution in [-0.2, 0) is 9.84 Å². The molecular weight excluding hydrogens is 443 g/mol. The fourth-order valence-corrected chi connectivity index (χ4v) is 11.0. The van der Waals surface area contributed by atoms with Crippen molar-refractivity contribution in [2.45, 2.75) is 36.7 Å². The number of aryl methyl sites for hydroxylation is 1. The van der Waals surface area contributed by atoms with Crippen LogP contribution in [0.15, 0.2) is 44.4 Å². The Labute approximate surface area is 179 Å². The van der Waals surface area contributed by atoms with Crippen LogP contribution in [0.25, 0.3) is 20.2 Å². The van der Waals surface area contributed by atoms with Crippen molar-refractivity contribution in [1.82, 2.24) is 0 Å². The number of thiocarbonyl (C=S) groups is 1. The molecule has 0 N–H and O–H groups in total. The van der Waals surface area contributed by atoms with E-state index < -0.39 is 17.9 Å². The molecule has 2 aromatic heterocycles. The van der Waals surface area contributed by atoms with Crippen molar-refractivity contribution in [3.05, 3.63) is 40.8 Å². The zero-order chi connectivity index (χ0) is 20.3. The maximum Gasteiger partial charge on any atom is 0.210 e. The van der Waals surface area contributed by atoms with Gasteiger partial charge in [-0.1, -0.05) is 42.5 Å². The Morgan fingerprint density at radius 2 is 1.75 bits per heavy atom. The molecule has 0 bridgehead atoms. The summed E-state index contributed by atoms with van der Waals surface area (Å²) in [5, 5.41) is 5.70. The normalized spacial score (nSPS) is 14.4. The highest BCUT2D eigenvalue weighted by Gasteiger charge is 2.40. The van der Waals surface area contributed by atoms with E-state index in [1.54, 1.807) is 11.3 Å². The van der Waals surface area contributed by atoms with Crippen molar-refractivity contribution in [2.75, 3.05) is 6.17 Å². The summed E-state index contributed by atoms with van der Waals surface area (Å²) in [6.45, 7) is 8.32. The molecule has 0 aliphatic carbocycles. The summed E-state index contributed by atoms with van der Waals surface area (Å²) in [4.78, 5) is 8.00. The van der Waals surface area contributed by atoms with Gasteiger partial charge in [0.25, 0.3) is 0 Å². The summed E-state index contributed by atoms with van der Waals surface area (Å²) in [6, 6.07) is 8.51. The van der Waals surface area contributed by atoms with Crippen LogP contribution in [0, 0.1) is 13.8 Å². The Morgan fingerprint density at radius 1 is 1.07 bits per heavy atom. The molecule has 0 saturated heterocycles. The molecule has 0 atom stereocenters. The Hall–Kier alpha value is -1.41. The molecule has 3 nitrogen and oxygen atoms in total. The van der Waals surface area contributed by atoms with Crippen molar-refractivity contribution < 1.29 is 8.42 Å². The summed E-state index contributed by atoms with van der Waals surface area (Å²) in [5.41, 5.74) is 2.77. The Bertz CT molecular complexity index is 1240. The van der Waals surface area contributed by atoms with Crippen LogP contribution >= 0.6 is 34.9 Å². The monoisotopic (exact) mass is 461 g/mol. The van der Waals surface area contributed by atoms with Gasteiger partial charge < -0.3 is 0 Å². The minimum absolute atomic E-state index is 0.506. The van der Waals surface area contributed by atoms with Crippen molar-refractivity contribution in [3.8, 4) is 20.2 Å². The van der Waals surface area contributed by atoms with Gasteiger partial charge >= 0.3 is 0 Å². The number of sulfone groups is 1. The number of nitrogens with zero attached hydrogens (tertiary/aromatic N) is 1. The third kappa shape index (κ3) is 2.91. The number of hydrogen-bond donors (Lipinski definition) is 0. The van der Waals surface area contributed by atoms with Gasteiger partial charge in [0.15, 0.2) is 0 Å². The molecule has 8 heteroatoms. The van der Waals surface area contributed by atoms with Crippen molar-refractivity contribution in [2.24, 2.45) is 4.99 Å². The lowest BCUT2D eigenvalue weighted by Gasteiger charge is -2.20. The molecule has 0 radical (unpaired) electrons. The molecule has 4 rings (SSSR count). The fraction of sp³-hybridized carbons (Fsp3) is 0.250. The number of fused-ring (bicyclic) bond motifs is 3. The summed E-state index contributed by atoms with van der Waals surface area (Å²) >= 11 is 7.82. The summed E-state index contributed by atoms with van der Waals surface area (Å²) in [6.07, 6.45) is 0.723. The van der Waals surface area contributed by atoms with Crippen LogP contribution in [0.1, 0.15) is 11.1 Å². The van der Waals surface area contributed by atoms with E-state index >= 15 is 0 Å². The highest BCUT2D eigenvalue weighted by Crippen LogP contribution is 2.55. The molecule has 0 spiro atoms. The maximum absolute atomic E-state index is 13.1. The summed E-state index contributed by atoms with van der Waals surface area (Å²) < 4.78 is 26.2. The molecule has 0 amide bonds. The highest BCUT2D eigenvalue weighted by atomic mass is 32.2. The second kappa shape index (κ2) is 6.83. The quantitative estimate of drug-likeness (QED) is 0.230. The molecule has 0 fully saturated rings. The van der Waals surface area contributed by atoms with Crippen molar-refractivity contribution >= 4 is 63.2 Å². The second-order valence-electron chi connectivity index (χ2n) is 7.66. The van der Waals surface area contributed by atoms with Crippen LogP contribution in [0.5, 0.6) is 0 Å². The molecule has 28 heavy (non-hydrogen) atoms. The number of rotatable bonds is 4. The highest BCUT2D eigenvalue weighted by molar-refractivity contribution is 7.92. The van der Waals surface area contributed by atoms with Crippen LogP contribution in [0.4, 0.5) is 0 Å². The topological polar surface area (TPSA) is 46.5 Å². The van der Waals surface area contributed by atoms with E-state index in [1.165, 1.54) is 16.5 Å². The van der Waals surface area contributed by atoms with Gasteiger partial charge in [-0.15, -0.1) is 22.7 Å². The lowest BCUT2D eigenvalue weighted by atomic mass is 10.1. The lowest BCUT2D eigenvalue weighted by Crippen LogP contribution is -2.44. The number of isothiocyanates is 1. The third-order valence-electron chi connectivity index (χ3n) is 5.22. The SMILES string of the molecule is Cc1csc2c1S(=O)(=O)c1c-2sc(-c2ccc([Si](C)(C)CN=C=S)cc2)c1C. The Balaban J connectivity index is 1.79. The second-order valence-corrected chi connectivity index (χ2v) is 16.2. The Morgan fingerprint density at radius 3 is 2.39 bits per heavy atom. The smallest absolute Gasteiger partial charge is 0.210 e. The molecule has 0 saturated carbocycles. The molecule has 1 aromatic carbocycles. The fourth-order valence-electron chi connectivity index (χ4n) is 3.67. The molecule has 3 heterocycles. The van der Waals surface area contributed by atoms with Crippen molar-refractivity contribution in [3.63, 3.8) is 0 Å². The lowest BCUT2D eigenvalue weighted by molar-refractivity contribution is 0.598. The molecule has 0 unspecified atom stereocenters. The van der Waals surface area contributed by atoms with E-state index in [4.69, 9.17) is 12.2 Å². The largest absolute Gasteiger partial charge is 0.235 e. The molecule has 1 aliphatic heterocycles. The molecule has 1 aliphatic rings. The standard InChI is InChI=1S/C20H19NO2S4Si/c1-12-9-25-17-18-20(27(22,23)19(12)17)13(2)16(26-18)14-5-7-15(8-6-14)28(3,4)11-21-10-24/h5-9H,11H2,1-4H3. The van der Waals surface area contributed by atoms with Gasteiger partial charge in [0.1, 0.15) is 8.07 Å². The van der Waals surface area contributed by atoms with Gasteiger partial charge in [-0.25, -0.2) is 13.4 Å². The van der Waals surface area contributed by atoms with Crippen LogP contribution in [0.2, 0.25) is 13.1 Å². The van der Waals surface area contributed by atoms with Gasteiger partial charge in [-0.05, 0) is 48.1 Å². The first-order valence-electron chi connectivity index (χ1n) is 8.80. The predicted octanol–water partition coefficient (Wildman–Crippen LogP) is 5.46. The number of benzene rings is 1. The first-order chi connectivity index (χ1) is 13.2. The first-order valence-corrected chi connectivity index (χ1v) is 15.6. The van der Waals surface area contributed by atoms with Crippen LogP contribution < -0.4 is 5.19 Å². The summed E-state index contributed by atoms with van der Waals surface area (Å²) in [7, 11) is -5.11. The van der Waals surface area contributed by atoms with E-state index in [2.05, 4.69) is 47.5 Å². The minimum atomic E-state index is -3.41. The molecule has 3 aromatic rings. The predicted molar refractivity (Wildman–Crippen MR) is 125 cm³/mol. The first kappa shape index (κ1) is 19.9. The summed E-state index contributed by atoms with van der Waals surface area (Å²) in [5.74, 6) is 0. The zero-order valence-electron chi connectivity index (χ0n) is 16.0. The van der Waals surface area contributed by atoms with Gasteiger partial charge in [-0.3, -0.25) is 0 Å². The number of hydrogen-bond acceptors (Lipinski definition) is 6. The molecule has 144 valence electrons. The third-order valence-corrected chi connectivity index (χ3v) is 13.2. The van der Waals surface area contributed by atoms with Gasteiger partial charge in [0, 0.05) is 11.0 Å². The van der Waals surface area contributed by atoms with Gasteiger partial charge in [-0.2, -0.15) is 0 Å². The van der Waals surface area contributed by atoms with E-state index in [9.17, 15) is 8.42 Å². The van der Waals surface area contributed by atoms with Crippen molar-refractivity contribution in [1.29, 1.82) is 0 Å². The minimum Gasteiger partial charge on any atom is -0.235 e. The van der Waals surface area contributed by atoms with E-state index in [-0.39, 0.29) is 0 Å². The average Bonchev–Trinajstić information content (AvgIpc) is 3.27. The zero-order valence-corrected chi connectivity index (χ0v) is 20.3. The maximum atomic E-state index is 13.1. The molecular formula is C20H19NO2S4Si. The van der Waals surface area contributed by atoms with E-state index in [0.717, 1.165) is 37.5 Å². The van der Waals surface area contributed by atoms with Crippen LogP contribution in [0.3, 0.4) is 0 Å².